The van der Waals surface area contributed by atoms with E-state index in [1.54, 1.807) is 0 Å². The molecule has 0 radical (unpaired) electrons. The van der Waals surface area contributed by atoms with E-state index in [1.165, 1.54) is 38.5 Å². The molecule has 1 heterocycles. The van der Waals surface area contributed by atoms with Gasteiger partial charge in [0.05, 0.1) is 6.61 Å². The maximum absolute atomic E-state index is 13.1. The number of hydrogen-bond donors (Lipinski definition) is 3. The summed E-state index contributed by atoms with van der Waals surface area (Å²) in [5.41, 5.74) is 0. The lowest BCUT2D eigenvalue weighted by atomic mass is 9.98. The number of aliphatic carboxylic acids is 1. The third-order valence-corrected chi connectivity index (χ3v) is 12.6. The minimum absolute atomic E-state index is 0.0182. The second-order valence-electron chi connectivity index (χ2n) is 19.5. The van der Waals surface area contributed by atoms with Crippen molar-refractivity contribution in [1.82, 2.24) is 0 Å². The van der Waals surface area contributed by atoms with Gasteiger partial charge in [-0.15, -0.1) is 0 Å². The average Bonchev–Trinajstić information content (AvgIpc) is 3.39. The first kappa shape index (κ1) is 68.7. The molecule has 0 saturated carbocycles. The van der Waals surface area contributed by atoms with Gasteiger partial charge in [-0.1, -0.05) is 189 Å². The Kier molecular flexibility index (Phi) is 46.2. The van der Waals surface area contributed by atoms with Crippen molar-refractivity contribution in [1.29, 1.82) is 0 Å². The van der Waals surface area contributed by atoms with E-state index in [2.05, 4.69) is 118 Å². The fourth-order valence-corrected chi connectivity index (χ4v) is 8.19. The standard InChI is InChI=1S/C63H102O12/c1-4-7-10-13-16-19-22-25-27-28-30-32-34-37-40-43-46-49-55(64)71-52-54(73-56(65)50-47-44-41-38-36-33-29-26-23-20-17-14-11-8-5-2)53-72-63-61(59(68)58(67)60(75-63)62(69)70)74-57(66)51-48-45-42-39-35-31-24-21-18-15-12-9-6-3/h8-9,11-12,16-21,25-27,29,31,35,54,58-61,63,67-68H,4-7,10,13-15,22-24,28,30,32-34,36-53H2,1-3H3,(H,69,70)/b11-8-,12-9-,19-16-,20-17-,21-18-,27-25-,29-26-,35-31-. The molecule has 0 aromatic heterocycles. The molecule has 0 aromatic rings. The van der Waals surface area contributed by atoms with Crippen molar-refractivity contribution in [3.8, 4) is 0 Å². The summed E-state index contributed by atoms with van der Waals surface area (Å²) in [6, 6.07) is 0. The smallest absolute Gasteiger partial charge is 0.335 e. The molecule has 0 spiro atoms. The van der Waals surface area contributed by atoms with Crippen molar-refractivity contribution >= 4 is 23.9 Å². The molecule has 1 aliphatic heterocycles. The molecule has 0 aliphatic carbocycles. The second-order valence-corrected chi connectivity index (χ2v) is 19.5. The summed E-state index contributed by atoms with van der Waals surface area (Å²) in [7, 11) is 0. The van der Waals surface area contributed by atoms with Gasteiger partial charge in [0.25, 0.3) is 0 Å². The molecule has 1 aliphatic rings. The fraction of sp³-hybridized carbons (Fsp3) is 0.683. The van der Waals surface area contributed by atoms with Crippen molar-refractivity contribution in [3.05, 3.63) is 97.2 Å². The third-order valence-electron chi connectivity index (χ3n) is 12.6. The van der Waals surface area contributed by atoms with Crippen molar-refractivity contribution < 1.29 is 58.2 Å². The van der Waals surface area contributed by atoms with Gasteiger partial charge in [0, 0.05) is 19.3 Å². The Hall–Kier alpha value is -4.36. The van der Waals surface area contributed by atoms with Gasteiger partial charge in [0.1, 0.15) is 18.8 Å². The zero-order valence-electron chi connectivity index (χ0n) is 46.8. The quantitative estimate of drug-likeness (QED) is 0.0228. The van der Waals surface area contributed by atoms with Gasteiger partial charge < -0.3 is 39.0 Å². The molecule has 1 fully saturated rings. The maximum Gasteiger partial charge on any atom is 0.335 e. The number of carboxylic acids is 1. The second kappa shape index (κ2) is 50.5. The van der Waals surface area contributed by atoms with Gasteiger partial charge in [-0.25, -0.2) is 4.79 Å². The van der Waals surface area contributed by atoms with E-state index in [0.29, 0.717) is 19.3 Å². The number of rotatable bonds is 48. The van der Waals surface area contributed by atoms with Crippen LogP contribution in [0.4, 0.5) is 0 Å². The van der Waals surface area contributed by atoms with Crippen LogP contribution in [0.15, 0.2) is 97.2 Å². The van der Waals surface area contributed by atoms with Crippen LogP contribution in [0.25, 0.3) is 0 Å². The van der Waals surface area contributed by atoms with Crippen molar-refractivity contribution in [3.63, 3.8) is 0 Å². The molecule has 0 bridgehead atoms. The van der Waals surface area contributed by atoms with Crippen LogP contribution in [-0.2, 0) is 42.9 Å². The SMILES string of the molecule is CC/C=C\C/C=C\C/C=C\CCCCCCCC(=O)OC(COC(=O)CCCCCCCCC/C=C\C/C=C\CCCCC)COC1OC(C(=O)O)C(O)C(O)C1OC(=O)CCCCC/C=C\C/C=C\C/C=C\CC. The summed E-state index contributed by atoms with van der Waals surface area (Å²) >= 11 is 0. The number of aliphatic hydroxyl groups is 2. The Morgan fingerprint density at radius 1 is 0.453 bits per heavy atom. The normalized spacial score (nSPS) is 18.9. The maximum atomic E-state index is 13.1. The van der Waals surface area contributed by atoms with E-state index < -0.39 is 67.3 Å². The Bertz CT molecular complexity index is 1670. The zero-order valence-corrected chi connectivity index (χ0v) is 46.8. The van der Waals surface area contributed by atoms with Gasteiger partial charge in [-0.2, -0.15) is 0 Å². The summed E-state index contributed by atoms with van der Waals surface area (Å²) in [5.74, 6) is -3.20. The number of allylic oxidation sites excluding steroid dienone is 16. The highest BCUT2D eigenvalue weighted by Crippen LogP contribution is 2.26. The highest BCUT2D eigenvalue weighted by Gasteiger charge is 2.50. The predicted molar refractivity (Wildman–Crippen MR) is 303 cm³/mol. The molecule has 1 rings (SSSR count). The first-order valence-corrected chi connectivity index (χ1v) is 29.2. The zero-order chi connectivity index (χ0) is 54.7. The summed E-state index contributed by atoms with van der Waals surface area (Å²) in [5, 5.41) is 31.4. The van der Waals surface area contributed by atoms with Crippen molar-refractivity contribution in [2.45, 2.75) is 263 Å². The Morgan fingerprint density at radius 3 is 1.29 bits per heavy atom. The van der Waals surface area contributed by atoms with Crippen LogP contribution >= 0.6 is 0 Å². The number of ether oxygens (including phenoxy) is 5. The van der Waals surface area contributed by atoms with E-state index >= 15 is 0 Å². The van der Waals surface area contributed by atoms with Crippen LogP contribution in [0.3, 0.4) is 0 Å². The first-order valence-electron chi connectivity index (χ1n) is 29.2. The van der Waals surface area contributed by atoms with Crippen LogP contribution in [0.1, 0.15) is 226 Å². The van der Waals surface area contributed by atoms with Crippen molar-refractivity contribution in [2.75, 3.05) is 13.2 Å². The molecule has 0 aromatic carbocycles. The van der Waals surface area contributed by atoms with E-state index in [1.807, 2.05) is 0 Å². The summed E-state index contributed by atoms with van der Waals surface area (Å²) in [6.45, 7) is 5.69. The molecule has 3 N–H and O–H groups in total. The van der Waals surface area contributed by atoms with Gasteiger partial charge >= 0.3 is 23.9 Å². The molecule has 426 valence electrons. The minimum Gasteiger partial charge on any atom is -0.479 e. The van der Waals surface area contributed by atoms with E-state index in [9.17, 15) is 34.5 Å². The highest BCUT2D eigenvalue weighted by molar-refractivity contribution is 5.74. The fourth-order valence-electron chi connectivity index (χ4n) is 8.19. The minimum atomic E-state index is -1.92. The molecule has 75 heavy (non-hydrogen) atoms. The molecule has 6 atom stereocenters. The molecule has 12 heteroatoms. The molecule has 0 amide bonds. The average molecular weight is 1050 g/mol. The number of carbonyl (C=O) groups is 4. The predicted octanol–water partition coefficient (Wildman–Crippen LogP) is 14.9. The number of aliphatic hydroxyl groups excluding tert-OH is 2. The molecule has 12 nitrogen and oxygen atoms in total. The lowest BCUT2D eigenvalue weighted by Crippen LogP contribution is -2.61. The van der Waals surface area contributed by atoms with Gasteiger partial charge in [-0.3, -0.25) is 14.4 Å². The van der Waals surface area contributed by atoms with Crippen LogP contribution in [0.5, 0.6) is 0 Å². The van der Waals surface area contributed by atoms with Crippen molar-refractivity contribution in [2.24, 2.45) is 0 Å². The summed E-state index contributed by atoms with van der Waals surface area (Å²) in [4.78, 5) is 51.1. The summed E-state index contributed by atoms with van der Waals surface area (Å²) in [6.07, 6.45) is 53.8. The molecular formula is C63H102O12. The monoisotopic (exact) mass is 1050 g/mol. The molecule has 6 unspecified atom stereocenters. The molecule has 1 saturated heterocycles. The summed E-state index contributed by atoms with van der Waals surface area (Å²) < 4.78 is 28.4. The topological polar surface area (TPSA) is 175 Å². The number of unbranched alkanes of at least 4 members (excludes halogenated alkanes) is 18. The number of esters is 3. The van der Waals surface area contributed by atoms with E-state index in [0.717, 1.165) is 128 Å². The lowest BCUT2D eigenvalue weighted by molar-refractivity contribution is -0.301. The van der Waals surface area contributed by atoms with Gasteiger partial charge in [0.2, 0.25) is 0 Å². The number of carboxylic acid groups (broad SMARTS) is 1. The number of hydrogen-bond acceptors (Lipinski definition) is 11. The molecular weight excluding hydrogens is 949 g/mol. The highest BCUT2D eigenvalue weighted by atomic mass is 16.7. The Morgan fingerprint density at radius 2 is 0.840 bits per heavy atom. The largest absolute Gasteiger partial charge is 0.479 e. The van der Waals surface area contributed by atoms with E-state index in [-0.39, 0.29) is 25.9 Å². The van der Waals surface area contributed by atoms with Crippen LogP contribution < -0.4 is 0 Å². The van der Waals surface area contributed by atoms with Gasteiger partial charge in [0.15, 0.2) is 24.6 Å². The number of carbonyl (C=O) groups excluding carboxylic acids is 3. The van der Waals surface area contributed by atoms with Crippen LogP contribution in [-0.4, -0.2) is 89.2 Å². The Balaban J connectivity index is 2.73. The first-order chi connectivity index (χ1) is 36.6. The van der Waals surface area contributed by atoms with Crippen LogP contribution in [0.2, 0.25) is 0 Å². The van der Waals surface area contributed by atoms with Crippen LogP contribution in [0, 0.1) is 0 Å². The lowest BCUT2D eigenvalue weighted by Gasteiger charge is -2.40. The third kappa shape index (κ3) is 40.6. The van der Waals surface area contributed by atoms with Gasteiger partial charge in [-0.05, 0) is 116 Å². The van der Waals surface area contributed by atoms with E-state index in [4.69, 9.17) is 23.7 Å². The Labute approximate surface area is 453 Å².